The maximum Gasteiger partial charge on any atom is 0.348 e. The number of benzene rings is 3. The van der Waals surface area contributed by atoms with E-state index in [4.69, 9.17) is 33.2 Å². The molecule has 55 heavy (non-hydrogen) atoms. The average Bonchev–Trinajstić information content (AvgIpc) is 3.18. The van der Waals surface area contributed by atoms with Gasteiger partial charge in [-0.3, -0.25) is 0 Å². The van der Waals surface area contributed by atoms with Gasteiger partial charge in [-0.1, -0.05) is 64.3 Å². The first-order valence-corrected chi connectivity index (χ1v) is 18.4. The van der Waals surface area contributed by atoms with Crippen LogP contribution in [0.15, 0.2) is 72.8 Å². The Bertz CT molecular complexity index is 1730. The summed E-state index contributed by atoms with van der Waals surface area (Å²) in [6.45, 7) is 11.9. The highest BCUT2D eigenvalue weighted by Crippen LogP contribution is 2.24. The van der Waals surface area contributed by atoms with Gasteiger partial charge in [0.15, 0.2) is 24.4 Å². The molecule has 0 spiro atoms. The van der Waals surface area contributed by atoms with Gasteiger partial charge >= 0.3 is 35.8 Å². The van der Waals surface area contributed by atoms with Crippen molar-refractivity contribution >= 4 is 35.8 Å². The normalized spacial score (nSPS) is 13.5. The predicted octanol–water partition coefficient (Wildman–Crippen LogP) is 7.07. The fraction of sp³-hybridized carbons (Fsp3) is 0.429. The lowest BCUT2D eigenvalue weighted by Gasteiger charge is -2.20. The first kappa shape index (κ1) is 43.7. The van der Waals surface area contributed by atoms with E-state index in [1.807, 2.05) is 50.2 Å². The molecule has 3 aromatic carbocycles. The Morgan fingerprint density at radius 3 is 1.45 bits per heavy atom. The van der Waals surface area contributed by atoms with Gasteiger partial charge in [0.25, 0.3) is 0 Å². The summed E-state index contributed by atoms with van der Waals surface area (Å²) in [5.41, 5.74) is 2.27. The van der Waals surface area contributed by atoms with Gasteiger partial charge < -0.3 is 33.2 Å². The zero-order valence-corrected chi connectivity index (χ0v) is 32.4. The van der Waals surface area contributed by atoms with E-state index in [9.17, 15) is 28.8 Å². The molecule has 0 radical (unpaired) electrons. The van der Waals surface area contributed by atoms with Crippen molar-refractivity contribution in [2.24, 2.45) is 5.92 Å². The molecule has 0 aromatic heterocycles. The highest BCUT2D eigenvalue weighted by molar-refractivity contribution is 5.93. The van der Waals surface area contributed by atoms with Gasteiger partial charge in [-0.2, -0.15) is 0 Å². The van der Waals surface area contributed by atoms with E-state index in [0.29, 0.717) is 12.2 Å². The van der Waals surface area contributed by atoms with Crippen LogP contribution in [0.3, 0.4) is 0 Å². The summed E-state index contributed by atoms with van der Waals surface area (Å²) in [5, 5.41) is 0. The Hall–Kier alpha value is -5.72. The third-order valence-corrected chi connectivity index (χ3v) is 8.32. The summed E-state index contributed by atoms with van der Waals surface area (Å²) >= 11 is 0. The number of rotatable bonds is 20. The lowest BCUT2D eigenvalue weighted by atomic mass is 10.0. The van der Waals surface area contributed by atoms with E-state index in [1.165, 1.54) is 52.0 Å². The topological polar surface area (TPSA) is 167 Å². The number of hydrogen-bond acceptors (Lipinski definition) is 13. The molecule has 0 saturated carbocycles. The van der Waals surface area contributed by atoms with Crippen molar-refractivity contribution in [3.8, 4) is 22.6 Å². The van der Waals surface area contributed by atoms with E-state index in [1.54, 1.807) is 12.1 Å². The third-order valence-electron chi connectivity index (χ3n) is 8.32. The summed E-state index contributed by atoms with van der Waals surface area (Å²) in [6, 6.07) is 20.2. The minimum atomic E-state index is -1.47. The predicted molar refractivity (Wildman–Crippen MR) is 200 cm³/mol. The van der Waals surface area contributed by atoms with Crippen LogP contribution in [-0.2, 0) is 42.9 Å². The summed E-state index contributed by atoms with van der Waals surface area (Å²) in [6.07, 6.45) is -1.47. The van der Waals surface area contributed by atoms with Crippen LogP contribution >= 0.6 is 0 Å². The zero-order valence-electron chi connectivity index (χ0n) is 32.4. The molecule has 13 heteroatoms. The molecule has 0 aliphatic rings. The number of esters is 6. The molecule has 13 nitrogen and oxygen atoms in total. The van der Waals surface area contributed by atoms with Gasteiger partial charge in [-0.15, -0.1) is 0 Å². The van der Waals surface area contributed by atoms with Crippen LogP contribution in [0.1, 0.15) is 94.9 Å². The molecule has 296 valence electrons. The summed E-state index contributed by atoms with van der Waals surface area (Å²) < 4.78 is 36.6. The zero-order chi connectivity index (χ0) is 40.5. The van der Waals surface area contributed by atoms with E-state index < -0.39 is 60.2 Å². The van der Waals surface area contributed by atoms with E-state index in [0.717, 1.165) is 42.6 Å². The molecule has 0 bridgehead atoms. The van der Waals surface area contributed by atoms with Crippen LogP contribution in [-0.4, -0.2) is 73.4 Å². The highest BCUT2D eigenvalue weighted by atomic mass is 16.6. The van der Waals surface area contributed by atoms with Gasteiger partial charge in [-0.05, 0) is 99.7 Å². The van der Waals surface area contributed by atoms with Crippen molar-refractivity contribution in [2.45, 2.75) is 98.6 Å². The van der Waals surface area contributed by atoms with Gasteiger partial charge in [-0.25, -0.2) is 28.8 Å². The maximum atomic E-state index is 12.8. The lowest BCUT2D eigenvalue weighted by molar-refractivity contribution is -0.183. The lowest BCUT2D eigenvalue weighted by Crippen LogP contribution is -2.37. The fourth-order valence-corrected chi connectivity index (χ4v) is 4.60. The second kappa shape index (κ2) is 21.9. The molecule has 5 unspecified atom stereocenters. The van der Waals surface area contributed by atoms with Crippen LogP contribution in [0.25, 0.3) is 11.1 Å². The number of carbonyl (C=O) groups excluding carboxylic acids is 6. The van der Waals surface area contributed by atoms with Gasteiger partial charge in [0, 0.05) is 0 Å². The molecule has 0 fully saturated rings. The van der Waals surface area contributed by atoms with Crippen molar-refractivity contribution in [3.05, 3.63) is 83.9 Å². The van der Waals surface area contributed by atoms with Crippen LogP contribution in [0, 0.1) is 5.92 Å². The smallest absolute Gasteiger partial charge is 0.348 e. The van der Waals surface area contributed by atoms with Crippen molar-refractivity contribution < 1.29 is 61.9 Å². The number of carbonyl (C=O) groups is 6. The minimum Gasteiger partial charge on any atom is -0.494 e. The second-order valence-electron chi connectivity index (χ2n) is 13.0. The van der Waals surface area contributed by atoms with Crippen LogP contribution in [0.5, 0.6) is 11.5 Å². The van der Waals surface area contributed by atoms with Crippen LogP contribution in [0.2, 0.25) is 0 Å². The largest absolute Gasteiger partial charge is 0.494 e. The molecule has 3 aromatic rings. The van der Waals surface area contributed by atoms with Crippen molar-refractivity contribution in [2.75, 3.05) is 13.2 Å². The summed E-state index contributed by atoms with van der Waals surface area (Å²) in [7, 11) is 0. The minimum absolute atomic E-state index is 0.0546. The maximum absolute atomic E-state index is 12.8. The second-order valence-corrected chi connectivity index (χ2v) is 13.0. The number of hydrogen-bond donors (Lipinski definition) is 0. The van der Waals surface area contributed by atoms with Gasteiger partial charge in [0.2, 0.25) is 0 Å². The van der Waals surface area contributed by atoms with Crippen molar-refractivity contribution in [3.63, 3.8) is 0 Å². The average molecular weight is 763 g/mol. The van der Waals surface area contributed by atoms with E-state index in [2.05, 4.69) is 6.92 Å². The first-order chi connectivity index (χ1) is 26.2. The molecule has 0 saturated heterocycles. The fourth-order valence-electron chi connectivity index (χ4n) is 4.60. The quantitative estimate of drug-likeness (QED) is 0.0497. The SMILES string of the molecule is CCCCCOc1ccc(-c2ccc(C(=O)Oc3ccc(C(=O)OC(C)C(=O)OC(C)C(=O)OC(C)C(=O)OC(C)C(=O)OCC(C)CC)cc3)cc2)cc1. The molecule has 0 amide bonds. The molecular formula is C42H50O13. The highest BCUT2D eigenvalue weighted by Gasteiger charge is 2.30. The van der Waals surface area contributed by atoms with Gasteiger partial charge in [0.1, 0.15) is 11.5 Å². The van der Waals surface area contributed by atoms with Gasteiger partial charge in [0.05, 0.1) is 24.3 Å². The van der Waals surface area contributed by atoms with Crippen LogP contribution < -0.4 is 9.47 Å². The Kier molecular flexibility index (Phi) is 17.4. The number of unbranched alkanes of at least 4 members (excludes halogenated alkanes) is 2. The summed E-state index contributed by atoms with van der Waals surface area (Å²) in [4.78, 5) is 74.9. The summed E-state index contributed by atoms with van der Waals surface area (Å²) in [5.74, 6) is -4.22. The van der Waals surface area contributed by atoms with Crippen LogP contribution in [0.4, 0.5) is 0 Å². The van der Waals surface area contributed by atoms with Crippen molar-refractivity contribution in [1.29, 1.82) is 0 Å². The molecule has 0 heterocycles. The third kappa shape index (κ3) is 14.2. The molecule has 5 atom stereocenters. The Labute approximate surface area is 321 Å². The number of ether oxygens (including phenoxy) is 7. The standard InChI is InChI=1S/C42H50O13/c1-8-10-11-24-49-35-20-16-32(17-21-35)31-12-14-33(15-13-31)42(48)55-36-22-18-34(19-23-36)41(47)54-30(7)40(46)53-29(6)39(45)52-28(5)38(44)51-27(4)37(43)50-25-26(3)9-2/h12-23,26-30H,8-11,24-25H2,1-7H3. The monoisotopic (exact) mass is 762 g/mol. The van der Waals surface area contributed by atoms with E-state index >= 15 is 0 Å². The molecule has 3 rings (SSSR count). The molecule has 0 aliphatic carbocycles. The van der Waals surface area contributed by atoms with E-state index in [-0.39, 0.29) is 23.8 Å². The Morgan fingerprint density at radius 1 is 0.509 bits per heavy atom. The first-order valence-electron chi connectivity index (χ1n) is 18.4. The molecular weight excluding hydrogens is 712 g/mol. The Balaban J connectivity index is 1.43. The van der Waals surface area contributed by atoms with Crippen molar-refractivity contribution in [1.82, 2.24) is 0 Å². The Morgan fingerprint density at radius 2 is 0.945 bits per heavy atom. The molecule has 0 aliphatic heterocycles. The molecule has 0 N–H and O–H groups in total.